The van der Waals surface area contributed by atoms with Gasteiger partial charge in [-0.3, -0.25) is 5.01 Å². The lowest BCUT2D eigenvalue weighted by Crippen LogP contribution is -2.34. The lowest BCUT2D eigenvalue weighted by Gasteiger charge is -2.32. The molecule has 0 bridgehead atoms. The molecule has 3 aromatic carbocycles. The summed E-state index contributed by atoms with van der Waals surface area (Å²) in [5.41, 5.74) is 3.48. The lowest BCUT2D eigenvalue weighted by molar-refractivity contribution is 0.302. The van der Waals surface area contributed by atoms with Crippen LogP contribution in [-0.2, 0) is 6.61 Å². The highest BCUT2D eigenvalue weighted by Crippen LogP contribution is 2.44. The zero-order valence-corrected chi connectivity index (χ0v) is 18.3. The van der Waals surface area contributed by atoms with Gasteiger partial charge in [0.1, 0.15) is 23.9 Å². The molecule has 1 aliphatic rings. The third kappa shape index (κ3) is 4.42. The Labute approximate surface area is 189 Å². The number of likely N-dealkylation sites (N-methyl/N-ethyl adjacent to an activating group) is 1. The van der Waals surface area contributed by atoms with Crippen molar-refractivity contribution >= 4 is 46.2 Å². The monoisotopic (exact) mass is 462 g/mol. The zero-order valence-electron chi connectivity index (χ0n) is 16.1. The molecule has 7 heteroatoms. The minimum absolute atomic E-state index is 0.251. The molecular weight excluding hydrogens is 446 g/mol. The van der Waals surface area contributed by atoms with E-state index in [0.29, 0.717) is 33.0 Å². The van der Waals surface area contributed by atoms with Crippen LogP contribution in [-0.4, -0.2) is 18.6 Å². The molecule has 0 unspecified atom stereocenters. The van der Waals surface area contributed by atoms with Crippen LogP contribution in [0.3, 0.4) is 0 Å². The molecule has 0 aromatic heterocycles. The Morgan fingerprint density at radius 3 is 2.33 bits per heavy atom. The van der Waals surface area contributed by atoms with E-state index < -0.39 is 0 Å². The van der Waals surface area contributed by atoms with Crippen LogP contribution in [0.5, 0.6) is 5.75 Å². The Kier molecular flexibility index (Phi) is 6.21. The number of ether oxygens (including phenoxy) is 1. The van der Waals surface area contributed by atoms with Crippen LogP contribution in [0, 0.1) is 5.82 Å². The molecule has 0 fully saturated rings. The van der Waals surface area contributed by atoms with Crippen LogP contribution in [0.15, 0.2) is 66.7 Å². The smallest absolute Gasteiger partial charge is 0.147 e. The Morgan fingerprint density at radius 1 is 0.933 bits per heavy atom. The van der Waals surface area contributed by atoms with Gasteiger partial charge in [-0.25, -0.2) is 9.40 Å². The SMILES string of the molecule is CN1CC=C(c2ccc(Cl)cc2)N1c1c(Cl)cc(Cl)cc1OCc1ccc(F)cc1. The van der Waals surface area contributed by atoms with Crippen LogP contribution >= 0.6 is 34.8 Å². The van der Waals surface area contributed by atoms with Gasteiger partial charge in [0.15, 0.2) is 0 Å². The van der Waals surface area contributed by atoms with Crippen molar-refractivity contribution in [2.24, 2.45) is 0 Å². The zero-order chi connectivity index (χ0) is 21.3. The molecule has 0 N–H and O–H groups in total. The third-order valence-corrected chi connectivity index (χ3v) is 5.53. The van der Waals surface area contributed by atoms with Crippen molar-refractivity contribution in [3.05, 3.63) is 98.8 Å². The second-order valence-corrected chi connectivity index (χ2v) is 8.18. The van der Waals surface area contributed by atoms with Crippen molar-refractivity contribution in [2.75, 3.05) is 18.6 Å². The summed E-state index contributed by atoms with van der Waals surface area (Å²) < 4.78 is 19.3. The van der Waals surface area contributed by atoms with E-state index in [4.69, 9.17) is 39.5 Å². The molecule has 3 aromatic rings. The average molecular weight is 464 g/mol. The van der Waals surface area contributed by atoms with Gasteiger partial charge in [0.25, 0.3) is 0 Å². The molecule has 0 saturated carbocycles. The molecule has 0 aliphatic carbocycles. The van der Waals surface area contributed by atoms with E-state index in [-0.39, 0.29) is 12.4 Å². The van der Waals surface area contributed by atoms with Crippen LogP contribution in [0.1, 0.15) is 11.1 Å². The predicted molar refractivity (Wildman–Crippen MR) is 122 cm³/mol. The van der Waals surface area contributed by atoms with Gasteiger partial charge in [0.05, 0.1) is 10.7 Å². The molecule has 154 valence electrons. The largest absolute Gasteiger partial charge is 0.487 e. The van der Waals surface area contributed by atoms with Crippen molar-refractivity contribution in [3.8, 4) is 5.75 Å². The molecule has 0 radical (unpaired) electrons. The predicted octanol–water partition coefficient (Wildman–Crippen LogP) is 7.07. The molecule has 1 heterocycles. The summed E-state index contributed by atoms with van der Waals surface area (Å²) in [5.74, 6) is 0.243. The van der Waals surface area contributed by atoms with E-state index in [1.54, 1.807) is 24.3 Å². The van der Waals surface area contributed by atoms with E-state index in [1.807, 2.05) is 41.3 Å². The molecular formula is C23H18Cl3FN2O. The fraction of sp³-hybridized carbons (Fsp3) is 0.130. The summed E-state index contributed by atoms with van der Waals surface area (Å²) in [4.78, 5) is 0. The normalized spacial score (nSPS) is 14.2. The number of benzene rings is 3. The second-order valence-electron chi connectivity index (χ2n) is 6.90. The Hall–Kier alpha value is -2.24. The fourth-order valence-electron chi connectivity index (χ4n) is 3.32. The highest BCUT2D eigenvalue weighted by molar-refractivity contribution is 6.37. The van der Waals surface area contributed by atoms with Gasteiger partial charge in [0.2, 0.25) is 0 Å². The molecule has 0 spiro atoms. The van der Waals surface area contributed by atoms with E-state index in [0.717, 1.165) is 16.8 Å². The number of hydrogen-bond acceptors (Lipinski definition) is 3. The minimum atomic E-state index is -0.290. The minimum Gasteiger partial charge on any atom is -0.487 e. The average Bonchev–Trinajstić information content (AvgIpc) is 3.09. The van der Waals surface area contributed by atoms with Crippen molar-refractivity contribution in [1.82, 2.24) is 5.01 Å². The Balaban J connectivity index is 1.70. The topological polar surface area (TPSA) is 15.7 Å². The third-order valence-electron chi connectivity index (χ3n) is 4.77. The maximum absolute atomic E-state index is 13.2. The van der Waals surface area contributed by atoms with Gasteiger partial charge in [-0.05, 0) is 47.5 Å². The molecule has 30 heavy (non-hydrogen) atoms. The van der Waals surface area contributed by atoms with Gasteiger partial charge in [-0.15, -0.1) is 0 Å². The molecule has 4 rings (SSSR count). The Bertz CT molecular complexity index is 1080. The molecule has 1 aliphatic heterocycles. The summed E-state index contributed by atoms with van der Waals surface area (Å²) in [6.45, 7) is 0.954. The van der Waals surface area contributed by atoms with E-state index in [2.05, 4.69) is 6.08 Å². The summed E-state index contributed by atoms with van der Waals surface area (Å²) in [7, 11) is 1.97. The second kappa shape index (κ2) is 8.86. The van der Waals surface area contributed by atoms with Crippen LogP contribution < -0.4 is 9.75 Å². The maximum atomic E-state index is 13.2. The number of hydrazine groups is 1. The highest BCUT2D eigenvalue weighted by atomic mass is 35.5. The van der Waals surface area contributed by atoms with Gasteiger partial charge in [0, 0.05) is 29.7 Å². The highest BCUT2D eigenvalue weighted by Gasteiger charge is 2.29. The number of anilines is 1. The lowest BCUT2D eigenvalue weighted by atomic mass is 10.1. The summed E-state index contributed by atoms with van der Waals surface area (Å²) >= 11 is 18.9. The standard InChI is InChI=1S/C23H18Cl3FN2O/c1-28-11-10-21(16-4-6-17(24)7-5-16)29(28)23-20(26)12-18(25)13-22(23)30-14-15-2-8-19(27)9-3-15/h2-10,12-13H,11,14H2,1H3. The number of rotatable bonds is 5. The number of hydrogen-bond donors (Lipinski definition) is 0. The van der Waals surface area contributed by atoms with Gasteiger partial charge < -0.3 is 4.74 Å². The van der Waals surface area contributed by atoms with Gasteiger partial charge in [-0.1, -0.05) is 59.1 Å². The first-order valence-corrected chi connectivity index (χ1v) is 10.4. The van der Waals surface area contributed by atoms with Crippen molar-refractivity contribution < 1.29 is 9.13 Å². The summed E-state index contributed by atoms with van der Waals surface area (Å²) in [6.07, 6.45) is 2.11. The maximum Gasteiger partial charge on any atom is 0.147 e. The molecule has 0 atom stereocenters. The van der Waals surface area contributed by atoms with E-state index >= 15 is 0 Å². The van der Waals surface area contributed by atoms with Crippen molar-refractivity contribution in [3.63, 3.8) is 0 Å². The van der Waals surface area contributed by atoms with Crippen LogP contribution in [0.25, 0.3) is 5.70 Å². The quantitative estimate of drug-likeness (QED) is 0.402. The first-order valence-electron chi connectivity index (χ1n) is 9.26. The number of halogens is 4. The fourth-order valence-corrected chi connectivity index (χ4v) is 4.00. The molecule has 0 saturated heterocycles. The molecule has 3 nitrogen and oxygen atoms in total. The van der Waals surface area contributed by atoms with Crippen molar-refractivity contribution in [1.29, 1.82) is 0 Å². The summed E-state index contributed by atoms with van der Waals surface area (Å²) in [5, 5.41) is 5.64. The van der Waals surface area contributed by atoms with Gasteiger partial charge >= 0.3 is 0 Å². The van der Waals surface area contributed by atoms with E-state index in [9.17, 15) is 4.39 Å². The first kappa shape index (κ1) is 21.0. The van der Waals surface area contributed by atoms with Crippen molar-refractivity contribution in [2.45, 2.75) is 6.61 Å². The van der Waals surface area contributed by atoms with Crippen LogP contribution in [0.4, 0.5) is 10.1 Å². The van der Waals surface area contributed by atoms with Crippen LogP contribution in [0.2, 0.25) is 15.1 Å². The van der Waals surface area contributed by atoms with E-state index in [1.165, 1.54) is 12.1 Å². The Morgan fingerprint density at radius 2 is 1.63 bits per heavy atom. The molecule has 0 amide bonds. The summed E-state index contributed by atoms with van der Waals surface area (Å²) in [6, 6.07) is 17.2. The van der Waals surface area contributed by atoms with Gasteiger partial charge in [-0.2, -0.15) is 0 Å². The first-order chi connectivity index (χ1) is 14.4. The number of nitrogens with zero attached hydrogens (tertiary/aromatic N) is 2.